The summed E-state index contributed by atoms with van der Waals surface area (Å²) in [6.45, 7) is 2.07. The highest BCUT2D eigenvalue weighted by molar-refractivity contribution is 5.92. The molecule has 21 heavy (non-hydrogen) atoms. The number of hydrogen-bond donors (Lipinski definition) is 2. The molecule has 1 spiro atoms. The average Bonchev–Trinajstić information content (AvgIpc) is 2.82. The summed E-state index contributed by atoms with van der Waals surface area (Å²) in [4.78, 5) is 11.8. The van der Waals surface area contributed by atoms with Gasteiger partial charge in [-0.3, -0.25) is 4.79 Å². The Morgan fingerprint density at radius 2 is 2.10 bits per heavy atom. The van der Waals surface area contributed by atoms with Gasteiger partial charge >= 0.3 is 0 Å². The largest absolute Gasteiger partial charge is 0.370 e. The van der Waals surface area contributed by atoms with Crippen molar-refractivity contribution < 1.29 is 18.3 Å². The van der Waals surface area contributed by atoms with Gasteiger partial charge in [-0.25, -0.2) is 8.78 Å². The number of amides is 1. The lowest BCUT2D eigenvalue weighted by atomic mass is 9.92. The normalized spacial score (nSPS) is 23.4. The molecule has 3 rings (SSSR count). The number of carbonyl (C=O) groups excluding carboxylic acids is 1. The summed E-state index contributed by atoms with van der Waals surface area (Å²) in [5.41, 5.74) is -0.353. The molecule has 6 heteroatoms. The maximum Gasteiger partial charge on any atom is 0.244 e. The number of hydrogen-bond acceptors (Lipinski definition) is 3. The first-order chi connectivity index (χ1) is 10.1. The fraction of sp³-hybridized carbons (Fsp3) is 0.400. The zero-order chi connectivity index (χ0) is 14.9. The summed E-state index contributed by atoms with van der Waals surface area (Å²) in [6, 6.07) is 3.52. The molecule has 4 nitrogen and oxygen atoms in total. The van der Waals surface area contributed by atoms with Gasteiger partial charge in [-0.15, -0.1) is 0 Å². The van der Waals surface area contributed by atoms with E-state index in [1.807, 2.05) is 0 Å². The highest BCUT2D eigenvalue weighted by atomic mass is 19.1. The van der Waals surface area contributed by atoms with E-state index in [1.165, 1.54) is 6.07 Å². The lowest BCUT2D eigenvalue weighted by molar-refractivity contribution is -0.117. The van der Waals surface area contributed by atoms with Crippen molar-refractivity contribution in [3.8, 4) is 0 Å². The number of halogens is 2. The highest BCUT2D eigenvalue weighted by Gasteiger charge is 2.45. The number of rotatable bonds is 3. The van der Waals surface area contributed by atoms with E-state index >= 15 is 0 Å². The maximum absolute atomic E-state index is 13.4. The molecule has 0 aromatic heterocycles. The molecule has 2 N–H and O–H groups in total. The summed E-state index contributed by atoms with van der Waals surface area (Å²) in [5, 5.41) is 5.93. The van der Waals surface area contributed by atoms with E-state index in [9.17, 15) is 13.6 Å². The van der Waals surface area contributed by atoms with Crippen molar-refractivity contribution >= 4 is 12.0 Å². The van der Waals surface area contributed by atoms with E-state index in [0.29, 0.717) is 6.61 Å². The Labute approximate surface area is 121 Å². The van der Waals surface area contributed by atoms with Crippen LogP contribution in [0.4, 0.5) is 8.78 Å². The number of ether oxygens (including phenoxy) is 1. The molecular formula is C15H16F2N2O2. The van der Waals surface area contributed by atoms with Gasteiger partial charge in [0.25, 0.3) is 0 Å². The third kappa shape index (κ3) is 2.96. The van der Waals surface area contributed by atoms with Crippen molar-refractivity contribution in [1.82, 2.24) is 10.6 Å². The summed E-state index contributed by atoms with van der Waals surface area (Å²) in [6.07, 6.45) is 3.05. The van der Waals surface area contributed by atoms with Crippen LogP contribution in [0.1, 0.15) is 12.0 Å². The quantitative estimate of drug-likeness (QED) is 0.824. The standard InChI is InChI=1S/C15H16F2N2O2/c16-12-2-1-3-13(17)11(12)4-5-14(20)19-10-6-15(21-7-10)8-18-9-15/h1-5,10,18H,6-9H2,(H,19,20). The lowest BCUT2D eigenvalue weighted by Gasteiger charge is -2.38. The summed E-state index contributed by atoms with van der Waals surface area (Å²) >= 11 is 0. The topological polar surface area (TPSA) is 50.4 Å². The van der Waals surface area contributed by atoms with Crippen LogP contribution in [-0.4, -0.2) is 37.2 Å². The second-order valence-electron chi connectivity index (χ2n) is 5.48. The molecule has 2 aliphatic rings. The molecule has 0 aliphatic carbocycles. The first-order valence-electron chi connectivity index (χ1n) is 6.85. The number of benzene rings is 1. The molecule has 2 saturated heterocycles. The zero-order valence-corrected chi connectivity index (χ0v) is 11.4. The van der Waals surface area contributed by atoms with Gasteiger partial charge in [-0.05, 0) is 18.2 Å². The zero-order valence-electron chi connectivity index (χ0n) is 11.4. The molecule has 1 amide bonds. The van der Waals surface area contributed by atoms with Crippen LogP contribution in [0.2, 0.25) is 0 Å². The monoisotopic (exact) mass is 294 g/mol. The van der Waals surface area contributed by atoms with Crippen molar-refractivity contribution in [2.24, 2.45) is 0 Å². The van der Waals surface area contributed by atoms with E-state index in [1.54, 1.807) is 0 Å². The van der Waals surface area contributed by atoms with E-state index in [0.717, 1.165) is 43.8 Å². The molecule has 2 aliphatic heterocycles. The van der Waals surface area contributed by atoms with E-state index in [-0.39, 0.29) is 23.1 Å². The van der Waals surface area contributed by atoms with Crippen LogP contribution in [0.15, 0.2) is 24.3 Å². The van der Waals surface area contributed by atoms with Crippen molar-refractivity contribution in [2.45, 2.75) is 18.1 Å². The predicted molar refractivity (Wildman–Crippen MR) is 73.5 cm³/mol. The van der Waals surface area contributed by atoms with Crippen LogP contribution in [0.25, 0.3) is 6.08 Å². The maximum atomic E-state index is 13.4. The number of nitrogens with one attached hydrogen (secondary N) is 2. The third-order valence-electron chi connectivity index (χ3n) is 3.85. The summed E-state index contributed by atoms with van der Waals surface area (Å²) in [7, 11) is 0. The van der Waals surface area contributed by atoms with Gasteiger partial charge in [0.1, 0.15) is 11.6 Å². The van der Waals surface area contributed by atoms with Gasteiger partial charge in [0.05, 0.1) is 18.2 Å². The SMILES string of the molecule is O=C(C=Cc1c(F)cccc1F)NC1COC2(CNC2)C1. The first kappa shape index (κ1) is 14.2. The van der Waals surface area contributed by atoms with Crippen molar-refractivity contribution in [1.29, 1.82) is 0 Å². The Bertz CT molecular complexity index is 565. The van der Waals surface area contributed by atoms with Crippen LogP contribution in [-0.2, 0) is 9.53 Å². The molecular weight excluding hydrogens is 278 g/mol. The summed E-state index contributed by atoms with van der Waals surface area (Å²) in [5.74, 6) is -1.76. The highest BCUT2D eigenvalue weighted by Crippen LogP contribution is 2.29. The van der Waals surface area contributed by atoms with Crippen LogP contribution in [0.5, 0.6) is 0 Å². The average molecular weight is 294 g/mol. The van der Waals surface area contributed by atoms with Crippen LogP contribution in [0.3, 0.4) is 0 Å². The van der Waals surface area contributed by atoms with E-state index in [4.69, 9.17) is 4.74 Å². The molecule has 0 radical (unpaired) electrons. The molecule has 2 heterocycles. The van der Waals surface area contributed by atoms with Crippen LogP contribution >= 0.6 is 0 Å². The Kier molecular flexibility index (Phi) is 3.73. The Morgan fingerprint density at radius 1 is 1.38 bits per heavy atom. The Balaban J connectivity index is 1.58. The Hall–Kier alpha value is -1.79. The lowest BCUT2D eigenvalue weighted by Crippen LogP contribution is -2.59. The van der Waals surface area contributed by atoms with Crippen molar-refractivity contribution in [2.75, 3.05) is 19.7 Å². The molecule has 1 aromatic rings. The molecule has 112 valence electrons. The van der Waals surface area contributed by atoms with Crippen molar-refractivity contribution in [3.63, 3.8) is 0 Å². The second kappa shape index (κ2) is 5.54. The molecule has 1 unspecified atom stereocenters. The third-order valence-corrected chi connectivity index (χ3v) is 3.85. The van der Waals surface area contributed by atoms with Gasteiger partial charge in [-0.2, -0.15) is 0 Å². The van der Waals surface area contributed by atoms with Gasteiger partial charge in [0.15, 0.2) is 0 Å². The molecule has 0 bridgehead atoms. The van der Waals surface area contributed by atoms with E-state index in [2.05, 4.69) is 10.6 Å². The fourth-order valence-electron chi connectivity index (χ4n) is 2.67. The minimum atomic E-state index is -0.692. The molecule has 0 saturated carbocycles. The van der Waals surface area contributed by atoms with Gasteiger partial charge in [-0.1, -0.05) is 6.07 Å². The fourth-order valence-corrected chi connectivity index (χ4v) is 2.67. The summed E-state index contributed by atoms with van der Waals surface area (Å²) < 4.78 is 32.5. The molecule has 1 atom stereocenters. The minimum absolute atomic E-state index is 0.0604. The van der Waals surface area contributed by atoms with Crippen LogP contribution < -0.4 is 10.6 Å². The van der Waals surface area contributed by atoms with E-state index < -0.39 is 11.6 Å². The van der Waals surface area contributed by atoms with Crippen molar-refractivity contribution in [3.05, 3.63) is 41.5 Å². The number of carbonyl (C=O) groups is 1. The Morgan fingerprint density at radius 3 is 2.67 bits per heavy atom. The second-order valence-corrected chi connectivity index (χ2v) is 5.48. The molecule has 1 aromatic carbocycles. The smallest absolute Gasteiger partial charge is 0.244 e. The van der Waals surface area contributed by atoms with Crippen LogP contribution in [0, 0.1) is 11.6 Å². The molecule has 2 fully saturated rings. The minimum Gasteiger partial charge on any atom is -0.370 e. The predicted octanol–water partition coefficient (Wildman–Crippen LogP) is 1.23. The van der Waals surface area contributed by atoms with Gasteiger partial charge < -0.3 is 15.4 Å². The van der Waals surface area contributed by atoms with Gasteiger partial charge in [0, 0.05) is 31.1 Å². The van der Waals surface area contributed by atoms with Gasteiger partial charge in [0.2, 0.25) is 5.91 Å². The first-order valence-corrected chi connectivity index (χ1v) is 6.85.